The highest BCUT2D eigenvalue weighted by atomic mass is 35.5. The van der Waals surface area contributed by atoms with Crippen LogP contribution in [0.2, 0.25) is 20.3 Å². The molecule has 5 rings (SSSR count). The van der Waals surface area contributed by atoms with E-state index in [9.17, 15) is 9.90 Å². The number of aromatic nitrogens is 2. The number of carbonyl (C=O) groups excluding carboxylic acids is 1. The van der Waals surface area contributed by atoms with Crippen LogP contribution in [0.4, 0.5) is 0 Å². The lowest BCUT2D eigenvalue weighted by Gasteiger charge is -2.39. The van der Waals surface area contributed by atoms with Crippen LogP contribution in [0, 0.1) is 0 Å². The van der Waals surface area contributed by atoms with Crippen LogP contribution in [-0.2, 0) is 7.05 Å². The van der Waals surface area contributed by atoms with Crippen molar-refractivity contribution in [3.8, 4) is 11.3 Å². The number of hydrogen-bond donors (Lipinski definition) is 3. The number of hydrogen-bond acceptors (Lipinski definition) is 6. The summed E-state index contributed by atoms with van der Waals surface area (Å²) < 4.78 is 7.21. The summed E-state index contributed by atoms with van der Waals surface area (Å²) in [6, 6.07) is 7.28. The van der Waals surface area contributed by atoms with Crippen molar-refractivity contribution >= 4 is 52.3 Å². The maximum Gasteiger partial charge on any atom is 0.287 e. The van der Waals surface area contributed by atoms with Crippen LogP contribution in [0.5, 0.6) is 0 Å². The van der Waals surface area contributed by atoms with Gasteiger partial charge in [-0.3, -0.25) is 9.48 Å². The first kappa shape index (κ1) is 28.7. The molecular weight excluding hydrogens is 584 g/mol. The summed E-state index contributed by atoms with van der Waals surface area (Å²) in [6.07, 6.45) is 4.76. The van der Waals surface area contributed by atoms with Gasteiger partial charge in [0.15, 0.2) is 5.76 Å². The largest absolute Gasteiger partial charge is 0.439 e. The Bertz CT molecular complexity index is 1300. The molecule has 3 N–H and O–H groups in total. The average Bonchev–Trinajstić information content (AvgIpc) is 3.46. The summed E-state index contributed by atoms with van der Waals surface area (Å²) in [5.41, 5.74) is 2.09. The molecule has 1 unspecified atom stereocenters. The molecule has 2 fully saturated rings. The second kappa shape index (κ2) is 12.4. The summed E-state index contributed by atoms with van der Waals surface area (Å²) >= 11 is 25.2. The summed E-state index contributed by atoms with van der Waals surface area (Å²) in [5.74, 6) is -0.271. The molecule has 1 amide bonds. The van der Waals surface area contributed by atoms with Crippen molar-refractivity contribution in [2.24, 2.45) is 7.05 Å². The van der Waals surface area contributed by atoms with Crippen LogP contribution in [-0.4, -0.2) is 70.1 Å². The molecule has 0 saturated carbocycles. The lowest BCUT2D eigenvalue weighted by atomic mass is 9.81. The SMILES string of the molecule is Cn1ncc(Cl)c1-c1cc(C(=O)N[C@@H]2CNC(CCN3CCC(O)CC3)C[C@H]2c2ccc(Cl)c(Cl)c2)oc1Cl. The molecule has 2 aliphatic heterocycles. The molecule has 0 spiro atoms. The molecule has 2 aromatic heterocycles. The Hall–Kier alpha value is -1.78. The molecule has 3 aromatic rings. The van der Waals surface area contributed by atoms with E-state index in [-0.39, 0.29) is 41.0 Å². The van der Waals surface area contributed by atoms with Gasteiger partial charge in [-0.1, -0.05) is 40.9 Å². The number of furan rings is 1. The van der Waals surface area contributed by atoms with Gasteiger partial charge in [0.05, 0.1) is 38.6 Å². The first-order valence-electron chi connectivity index (χ1n) is 13.1. The number of rotatable bonds is 7. The van der Waals surface area contributed by atoms with Crippen LogP contribution in [0.1, 0.15) is 47.7 Å². The fraction of sp³-hybridized carbons (Fsp3) is 0.481. The van der Waals surface area contributed by atoms with Crippen molar-refractivity contribution in [3.05, 3.63) is 62.1 Å². The molecule has 4 heterocycles. The van der Waals surface area contributed by atoms with E-state index in [4.69, 9.17) is 50.8 Å². The summed E-state index contributed by atoms with van der Waals surface area (Å²) in [4.78, 5) is 15.7. The minimum absolute atomic E-state index is 0.00886. The molecule has 1 aromatic carbocycles. The van der Waals surface area contributed by atoms with Gasteiger partial charge >= 0.3 is 0 Å². The zero-order valence-electron chi connectivity index (χ0n) is 21.5. The highest BCUT2D eigenvalue weighted by Gasteiger charge is 2.34. The number of carbonyl (C=O) groups is 1. The van der Waals surface area contributed by atoms with Gasteiger partial charge in [0.25, 0.3) is 5.91 Å². The first-order valence-corrected chi connectivity index (χ1v) is 14.6. The van der Waals surface area contributed by atoms with Crippen LogP contribution >= 0.6 is 46.4 Å². The van der Waals surface area contributed by atoms with Gasteiger partial charge in [0.2, 0.25) is 5.22 Å². The monoisotopic (exact) mass is 613 g/mol. The highest BCUT2D eigenvalue weighted by molar-refractivity contribution is 6.42. The third-order valence-corrected chi connectivity index (χ3v) is 9.05. The highest BCUT2D eigenvalue weighted by Crippen LogP contribution is 2.36. The maximum absolute atomic E-state index is 13.3. The van der Waals surface area contributed by atoms with Crippen LogP contribution in [0.15, 0.2) is 34.9 Å². The molecule has 12 heteroatoms. The Kier molecular flexibility index (Phi) is 9.13. The Morgan fingerprint density at radius 1 is 1.15 bits per heavy atom. The second-order valence-corrected chi connectivity index (χ2v) is 11.9. The molecule has 8 nitrogen and oxygen atoms in total. The topological polar surface area (TPSA) is 95.6 Å². The van der Waals surface area contributed by atoms with E-state index >= 15 is 0 Å². The van der Waals surface area contributed by atoms with Gasteiger partial charge < -0.3 is 25.1 Å². The molecule has 0 bridgehead atoms. The molecule has 3 atom stereocenters. The van der Waals surface area contributed by atoms with Gasteiger partial charge in [-0.05, 0) is 61.5 Å². The van der Waals surface area contributed by atoms with Gasteiger partial charge in [-0.15, -0.1) is 0 Å². The van der Waals surface area contributed by atoms with E-state index in [1.54, 1.807) is 23.9 Å². The van der Waals surface area contributed by atoms with Crippen molar-refractivity contribution < 1.29 is 14.3 Å². The predicted molar refractivity (Wildman–Crippen MR) is 154 cm³/mol. The molecule has 2 aliphatic rings. The van der Waals surface area contributed by atoms with Crippen molar-refractivity contribution in [1.29, 1.82) is 0 Å². The second-order valence-electron chi connectivity index (χ2n) is 10.3. The van der Waals surface area contributed by atoms with E-state index in [1.165, 1.54) is 6.20 Å². The molecule has 210 valence electrons. The number of nitrogens with one attached hydrogen (secondary N) is 2. The Balaban J connectivity index is 1.31. The summed E-state index contributed by atoms with van der Waals surface area (Å²) in [7, 11) is 1.74. The lowest BCUT2D eigenvalue weighted by Crippen LogP contribution is -2.54. The summed E-state index contributed by atoms with van der Waals surface area (Å²) in [5, 5.41) is 22.1. The van der Waals surface area contributed by atoms with Gasteiger partial charge in [0.1, 0.15) is 0 Å². The number of halogens is 4. The van der Waals surface area contributed by atoms with Gasteiger partial charge in [-0.2, -0.15) is 5.10 Å². The normalized spacial score (nSPS) is 22.8. The zero-order valence-corrected chi connectivity index (χ0v) is 24.5. The lowest BCUT2D eigenvalue weighted by molar-refractivity contribution is 0.0788. The smallest absolute Gasteiger partial charge is 0.287 e. The van der Waals surface area contributed by atoms with Crippen LogP contribution < -0.4 is 10.6 Å². The van der Waals surface area contributed by atoms with Crippen molar-refractivity contribution in [3.63, 3.8) is 0 Å². The number of likely N-dealkylation sites (tertiary alicyclic amines) is 1. The fourth-order valence-corrected chi connectivity index (χ4v) is 6.35. The van der Waals surface area contributed by atoms with E-state index < -0.39 is 0 Å². The van der Waals surface area contributed by atoms with Crippen LogP contribution in [0.25, 0.3) is 11.3 Å². The Morgan fingerprint density at radius 3 is 2.62 bits per heavy atom. The number of aliphatic hydroxyl groups excluding tert-OH is 1. The third kappa shape index (κ3) is 6.59. The molecule has 2 saturated heterocycles. The Labute approximate surface area is 247 Å². The number of aryl methyl sites for hydroxylation is 1. The minimum atomic E-state index is -0.372. The van der Waals surface area contributed by atoms with E-state index in [0.29, 0.717) is 32.9 Å². The Morgan fingerprint density at radius 2 is 1.92 bits per heavy atom. The number of amides is 1. The number of nitrogens with zero attached hydrogens (tertiary/aromatic N) is 3. The third-order valence-electron chi connectivity index (χ3n) is 7.75. The maximum atomic E-state index is 13.3. The first-order chi connectivity index (χ1) is 18.7. The number of aliphatic hydroxyl groups is 1. The molecular formula is C27H31Cl4N5O3. The predicted octanol–water partition coefficient (Wildman–Crippen LogP) is 5.38. The van der Waals surface area contributed by atoms with Crippen LogP contribution in [0.3, 0.4) is 0 Å². The quantitative estimate of drug-likeness (QED) is 0.331. The van der Waals surface area contributed by atoms with Gasteiger partial charge in [0, 0.05) is 50.7 Å². The van der Waals surface area contributed by atoms with Crippen molar-refractivity contribution in [1.82, 2.24) is 25.3 Å². The van der Waals surface area contributed by atoms with Crippen molar-refractivity contribution in [2.45, 2.75) is 49.8 Å². The molecule has 0 radical (unpaired) electrons. The molecule has 0 aliphatic carbocycles. The van der Waals surface area contributed by atoms with E-state index in [0.717, 1.165) is 50.9 Å². The van der Waals surface area contributed by atoms with E-state index in [2.05, 4.69) is 20.6 Å². The molecule has 39 heavy (non-hydrogen) atoms. The van der Waals surface area contributed by atoms with Gasteiger partial charge in [-0.25, -0.2) is 0 Å². The fourth-order valence-electron chi connectivity index (χ4n) is 5.55. The standard InChI is InChI=1S/C27H31Cl4N5O3/c1-35-25(22(30)13-33-35)19-12-24(39-26(19)31)27(38)34-23-14-32-16(4-7-36-8-5-17(37)6-9-36)11-18(23)15-2-3-20(28)21(29)10-15/h2-3,10,12-13,16-18,23,32,37H,4-9,11,14H2,1H3,(H,34,38)/t16?,18-,23+/m0/s1. The number of piperidine rings is 2. The number of benzene rings is 1. The zero-order chi connectivity index (χ0) is 27.7. The average molecular weight is 615 g/mol. The summed E-state index contributed by atoms with van der Waals surface area (Å²) in [6.45, 7) is 3.37. The van der Waals surface area contributed by atoms with E-state index in [1.807, 2.05) is 12.1 Å². The van der Waals surface area contributed by atoms with Crippen molar-refractivity contribution in [2.75, 3.05) is 26.2 Å². The minimum Gasteiger partial charge on any atom is -0.439 e.